The standard InChI is InChI=1S/C13H16ClNO2.C2HF3O2/c1-2-17-13(16)12(15)5-3-4-10-6-8-11(14)9-7-10;3-2(4,5)1(6)7/h5-9H,2-4,15H2,1H3;(H,6,7). The second-order valence-electron chi connectivity index (χ2n) is 4.35. The van der Waals surface area contributed by atoms with E-state index in [0.29, 0.717) is 13.0 Å². The number of aryl methyl sites for hydroxylation is 1. The molecule has 0 saturated heterocycles. The third-order valence-electron chi connectivity index (χ3n) is 2.46. The van der Waals surface area contributed by atoms with E-state index in [2.05, 4.69) is 0 Å². The largest absolute Gasteiger partial charge is 0.490 e. The molecule has 0 aliphatic rings. The molecule has 0 unspecified atom stereocenters. The van der Waals surface area contributed by atoms with Gasteiger partial charge in [0.1, 0.15) is 5.70 Å². The first-order valence-corrected chi connectivity index (χ1v) is 7.13. The van der Waals surface area contributed by atoms with Gasteiger partial charge in [-0.1, -0.05) is 29.8 Å². The van der Waals surface area contributed by atoms with Crippen LogP contribution in [0.1, 0.15) is 18.9 Å². The second-order valence-corrected chi connectivity index (χ2v) is 4.78. The predicted octanol–water partition coefficient (Wildman–Crippen LogP) is 3.31. The van der Waals surface area contributed by atoms with Gasteiger partial charge in [-0.25, -0.2) is 9.59 Å². The molecule has 5 nitrogen and oxygen atoms in total. The van der Waals surface area contributed by atoms with Crippen molar-refractivity contribution in [1.82, 2.24) is 0 Å². The predicted molar refractivity (Wildman–Crippen MR) is 82.4 cm³/mol. The Labute approximate surface area is 141 Å². The summed E-state index contributed by atoms with van der Waals surface area (Å²) in [6, 6.07) is 7.60. The minimum Gasteiger partial charge on any atom is -0.475 e. The van der Waals surface area contributed by atoms with Crippen LogP contribution in [0.2, 0.25) is 5.02 Å². The van der Waals surface area contributed by atoms with Gasteiger partial charge in [-0.2, -0.15) is 13.2 Å². The summed E-state index contributed by atoms with van der Waals surface area (Å²) in [6.45, 7) is 2.09. The van der Waals surface area contributed by atoms with Gasteiger partial charge in [0, 0.05) is 5.02 Å². The van der Waals surface area contributed by atoms with Gasteiger partial charge in [0.05, 0.1) is 6.61 Å². The Balaban J connectivity index is 0.000000640. The summed E-state index contributed by atoms with van der Waals surface area (Å²) in [5.41, 5.74) is 6.88. The fourth-order valence-electron chi connectivity index (χ4n) is 1.34. The molecule has 0 spiro atoms. The number of alkyl halides is 3. The maximum absolute atomic E-state index is 11.2. The van der Waals surface area contributed by atoms with E-state index in [1.54, 1.807) is 13.0 Å². The lowest BCUT2D eigenvalue weighted by molar-refractivity contribution is -0.192. The van der Waals surface area contributed by atoms with E-state index < -0.39 is 18.1 Å². The molecule has 9 heteroatoms. The number of esters is 1. The number of nitrogens with two attached hydrogens (primary N) is 1. The SMILES string of the molecule is CCOC(=O)C(N)=CCCc1ccc(Cl)cc1.O=C(O)C(F)(F)F. The number of carboxylic acids is 1. The van der Waals surface area contributed by atoms with Crippen LogP contribution in [-0.2, 0) is 20.7 Å². The van der Waals surface area contributed by atoms with E-state index in [9.17, 15) is 18.0 Å². The van der Waals surface area contributed by atoms with Crippen molar-refractivity contribution in [2.45, 2.75) is 25.9 Å². The summed E-state index contributed by atoms with van der Waals surface area (Å²) in [7, 11) is 0. The molecule has 0 aliphatic carbocycles. The highest BCUT2D eigenvalue weighted by molar-refractivity contribution is 6.30. The number of benzene rings is 1. The minimum absolute atomic E-state index is 0.167. The number of aliphatic carboxylic acids is 1. The average molecular weight is 368 g/mol. The molecule has 1 rings (SSSR count). The highest BCUT2D eigenvalue weighted by Gasteiger charge is 2.38. The second kappa shape index (κ2) is 10.5. The van der Waals surface area contributed by atoms with E-state index in [-0.39, 0.29) is 5.70 Å². The summed E-state index contributed by atoms with van der Waals surface area (Å²) in [5.74, 6) is -3.21. The molecule has 3 N–H and O–H groups in total. The molecule has 1 aromatic rings. The van der Waals surface area contributed by atoms with E-state index in [4.69, 9.17) is 32.0 Å². The molecule has 0 heterocycles. The number of carbonyl (C=O) groups excluding carboxylic acids is 1. The van der Waals surface area contributed by atoms with Crippen LogP contribution in [0, 0.1) is 0 Å². The number of rotatable bonds is 5. The Bertz CT molecular complexity index is 571. The molecular formula is C15H17ClF3NO4. The number of ether oxygens (including phenoxy) is 1. The van der Waals surface area contributed by atoms with Crippen LogP contribution in [0.3, 0.4) is 0 Å². The summed E-state index contributed by atoms with van der Waals surface area (Å²) >= 11 is 5.78. The fraction of sp³-hybridized carbons (Fsp3) is 0.333. The van der Waals surface area contributed by atoms with Crippen molar-refractivity contribution in [2.75, 3.05) is 6.61 Å². The summed E-state index contributed by atoms with van der Waals surface area (Å²) < 4.78 is 36.5. The number of halogens is 4. The third kappa shape index (κ3) is 9.73. The maximum Gasteiger partial charge on any atom is 0.490 e. The van der Waals surface area contributed by atoms with Crippen LogP contribution in [0.4, 0.5) is 13.2 Å². The zero-order chi connectivity index (χ0) is 18.8. The first-order chi connectivity index (χ1) is 11.1. The minimum atomic E-state index is -5.08. The van der Waals surface area contributed by atoms with Crippen molar-refractivity contribution in [1.29, 1.82) is 0 Å². The highest BCUT2D eigenvalue weighted by Crippen LogP contribution is 2.13. The van der Waals surface area contributed by atoms with Crippen molar-refractivity contribution < 1.29 is 32.6 Å². The topological polar surface area (TPSA) is 89.6 Å². The molecule has 0 bridgehead atoms. The highest BCUT2D eigenvalue weighted by atomic mass is 35.5. The molecule has 0 aliphatic heterocycles. The molecular weight excluding hydrogens is 351 g/mol. The van der Waals surface area contributed by atoms with Gasteiger partial charge in [-0.15, -0.1) is 0 Å². The quantitative estimate of drug-likeness (QED) is 0.615. The zero-order valence-electron chi connectivity index (χ0n) is 12.8. The van der Waals surface area contributed by atoms with Gasteiger partial charge in [-0.3, -0.25) is 0 Å². The van der Waals surface area contributed by atoms with E-state index in [1.807, 2.05) is 24.3 Å². The van der Waals surface area contributed by atoms with Gasteiger partial charge in [0.15, 0.2) is 0 Å². The summed E-state index contributed by atoms with van der Waals surface area (Å²) in [6.07, 6.45) is -1.88. The first kappa shape index (κ1) is 21.8. The summed E-state index contributed by atoms with van der Waals surface area (Å²) in [4.78, 5) is 20.1. The van der Waals surface area contributed by atoms with E-state index in [1.165, 1.54) is 0 Å². The Morgan fingerprint density at radius 3 is 2.21 bits per heavy atom. The Kier molecular flexibility index (Phi) is 9.56. The van der Waals surface area contributed by atoms with Gasteiger partial charge in [-0.05, 0) is 37.5 Å². The third-order valence-corrected chi connectivity index (χ3v) is 2.72. The van der Waals surface area contributed by atoms with Gasteiger partial charge in [0.25, 0.3) is 0 Å². The van der Waals surface area contributed by atoms with Crippen molar-refractivity contribution in [3.05, 3.63) is 46.6 Å². The van der Waals surface area contributed by atoms with E-state index in [0.717, 1.165) is 17.0 Å². The number of carboxylic acid groups (broad SMARTS) is 1. The normalized spacial score (nSPS) is 11.3. The molecule has 1 aromatic carbocycles. The fourth-order valence-corrected chi connectivity index (χ4v) is 1.47. The van der Waals surface area contributed by atoms with Gasteiger partial charge in [0.2, 0.25) is 0 Å². The maximum atomic E-state index is 11.2. The Morgan fingerprint density at radius 2 is 1.79 bits per heavy atom. The molecule has 24 heavy (non-hydrogen) atoms. The summed E-state index contributed by atoms with van der Waals surface area (Å²) in [5, 5.41) is 7.84. The number of hydrogen-bond acceptors (Lipinski definition) is 4. The molecule has 0 fully saturated rings. The Hall–Kier alpha value is -2.22. The first-order valence-electron chi connectivity index (χ1n) is 6.75. The number of carbonyl (C=O) groups is 2. The van der Waals surface area contributed by atoms with Crippen LogP contribution < -0.4 is 5.73 Å². The average Bonchev–Trinajstić information content (AvgIpc) is 2.49. The molecule has 0 saturated carbocycles. The van der Waals surface area contributed by atoms with Gasteiger partial charge < -0.3 is 15.6 Å². The van der Waals surface area contributed by atoms with Crippen LogP contribution in [0.25, 0.3) is 0 Å². The number of allylic oxidation sites excluding steroid dienone is 1. The number of hydrogen-bond donors (Lipinski definition) is 2. The van der Waals surface area contributed by atoms with Crippen molar-refractivity contribution >= 4 is 23.5 Å². The lowest BCUT2D eigenvalue weighted by Gasteiger charge is -2.02. The molecule has 0 atom stereocenters. The monoisotopic (exact) mass is 367 g/mol. The van der Waals surface area contributed by atoms with Crippen LogP contribution in [0.15, 0.2) is 36.0 Å². The van der Waals surface area contributed by atoms with Crippen molar-refractivity contribution in [3.63, 3.8) is 0 Å². The lowest BCUT2D eigenvalue weighted by atomic mass is 10.1. The van der Waals surface area contributed by atoms with Crippen LogP contribution in [-0.4, -0.2) is 29.8 Å². The lowest BCUT2D eigenvalue weighted by Crippen LogP contribution is -2.21. The molecule has 0 amide bonds. The smallest absolute Gasteiger partial charge is 0.475 e. The van der Waals surface area contributed by atoms with Crippen molar-refractivity contribution in [2.24, 2.45) is 5.73 Å². The zero-order valence-corrected chi connectivity index (χ0v) is 13.5. The molecule has 0 radical (unpaired) electrons. The van der Waals surface area contributed by atoms with E-state index >= 15 is 0 Å². The van der Waals surface area contributed by atoms with Gasteiger partial charge >= 0.3 is 18.1 Å². The molecule has 134 valence electrons. The van der Waals surface area contributed by atoms with Crippen LogP contribution in [0.5, 0.6) is 0 Å². The Morgan fingerprint density at radius 1 is 1.29 bits per heavy atom. The molecule has 0 aromatic heterocycles. The van der Waals surface area contributed by atoms with Crippen molar-refractivity contribution in [3.8, 4) is 0 Å². The van der Waals surface area contributed by atoms with Crippen LogP contribution >= 0.6 is 11.6 Å².